The van der Waals surface area contributed by atoms with Gasteiger partial charge < -0.3 is 9.64 Å². The molecule has 0 radical (unpaired) electrons. The first-order chi connectivity index (χ1) is 10.3. The van der Waals surface area contributed by atoms with Gasteiger partial charge in [0.05, 0.1) is 23.4 Å². The molecule has 0 bridgehead atoms. The minimum atomic E-state index is 0.0322. The first-order valence-corrected chi connectivity index (χ1v) is 8.53. The van der Waals surface area contributed by atoms with Crippen LogP contribution in [0.2, 0.25) is 0 Å². The van der Waals surface area contributed by atoms with Gasteiger partial charge in [-0.2, -0.15) is 0 Å². The van der Waals surface area contributed by atoms with Crippen molar-refractivity contribution in [1.82, 2.24) is 15.0 Å². The van der Waals surface area contributed by atoms with E-state index in [2.05, 4.69) is 32.2 Å². The first-order valence-electron chi connectivity index (χ1n) is 6.77. The molecule has 3 aromatic heterocycles. The molecule has 1 aliphatic rings. The fourth-order valence-corrected chi connectivity index (χ4v) is 4.26. The summed E-state index contributed by atoms with van der Waals surface area (Å²) in [6.07, 6.45) is 3.52. The number of anilines is 1. The summed E-state index contributed by atoms with van der Waals surface area (Å²) in [6.45, 7) is 4.43. The maximum absolute atomic E-state index is 5.86. The number of morpholine rings is 1. The Morgan fingerprint density at radius 3 is 3.10 bits per heavy atom. The number of thiophene rings is 1. The standard InChI is InChI=1S/C14H14N4OS2/c1-9-7-21-12-11(9)16-8-17-13(12)18-3-4-19-10(6-18)14-15-2-5-20-14/h2,5,7-8,10H,3-4,6H2,1H3/t10-/m1/s1. The Morgan fingerprint density at radius 1 is 1.29 bits per heavy atom. The third-order valence-corrected chi connectivity index (χ3v) is 5.56. The predicted molar refractivity (Wildman–Crippen MR) is 85.2 cm³/mol. The third-order valence-electron chi connectivity index (χ3n) is 3.60. The van der Waals surface area contributed by atoms with E-state index in [9.17, 15) is 0 Å². The summed E-state index contributed by atoms with van der Waals surface area (Å²) in [7, 11) is 0. The van der Waals surface area contributed by atoms with Gasteiger partial charge in [0.1, 0.15) is 23.3 Å². The molecule has 4 heterocycles. The van der Waals surface area contributed by atoms with E-state index in [1.165, 1.54) is 5.56 Å². The van der Waals surface area contributed by atoms with Crippen molar-refractivity contribution >= 4 is 38.7 Å². The number of hydrogen-bond acceptors (Lipinski definition) is 7. The molecule has 0 aliphatic carbocycles. The number of ether oxygens (including phenoxy) is 1. The first kappa shape index (κ1) is 13.1. The number of thiazole rings is 1. The molecule has 1 aliphatic heterocycles. The second kappa shape index (κ2) is 5.32. The van der Waals surface area contributed by atoms with Crippen LogP contribution in [-0.4, -0.2) is 34.6 Å². The minimum Gasteiger partial charge on any atom is -0.367 e. The predicted octanol–water partition coefficient (Wildman–Crippen LogP) is 3.03. The number of aryl methyl sites for hydroxylation is 1. The Balaban J connectivity index is 1.68. The lowest BCUT2D eigenvalue weighted by Gasteiger charge is -2.32. The van der Waals surface area contributed by atoms with E-state index in [1.807, 2.05) is 11.6 Å². The lowest BCUT2D eigenvalue weighted by Crippen LogP contribution is -2.38. The van der Waals surface area contributed by atoms with Crippen molar-refractivity contribution in [2.75, 3.05) is 24.6 Å². The molecule has 0 spiro atoms. The smallest absolute Gasteiger partial charge is 0.150 e. The van der Waals surface area contributed by atoms with Crippen LogP contribution in [0.3, 0.4) is 0 Å². The van der Waals surface area contributed by atoms with E-state index in [0.29, 0.717) is 6.61 Å². The Bertz CT molecular complexity index is 756. The number of rotatable bonds is 2. The Labute approximate surface area is 130 Å². The highest BCUT2D eigenvalue weighted by atomic mass is 32.1. The van der Waals surface area contributed by atoms with Crippen LogP contribution in [0, 0.1) is 6.92 Å². The highest BCUT2D eigenvalue weighted by Gasteiger charge is 2.26. The number of aromatic nitrogens is 3. The molecular weight excluding hydrogens is 304 g/mol. The molecule has 21 heavy (non-hydrogen) atoms. The maximum Gasteiger partial charge on any atom is 0.150 e. The van der Waals surface area contributed by atoms with Gasteiger partial charge in [-0.3, -0.25) is 0 Å². The zero-order valence-electron chi connectivity index (χ0n) is 11.5. The van der Waals surface area contributed by atoms with Crippen LogP contribution in [0.5, 0.6) is 0 Å². The molecule has 0 aromatic carbocycles. The van der Waals surface area contributed by atoms with Gasteiger partial charge in [0.25, 0.3) is 0 Å². The van der Waals surface area contributed by atoms with Crippen LogP contribution in [0.25, 0.3) is 10.2 Å². The van der Waals surface area contributed by atoms with Crippen LogP contribution >= 0.6 is 22.7 Å². The molecular formula is C14H14N4OS2. The quantitative estimate of drug-likeness (QED) is 0.727. The molecule has 3 aromatic rings. The van der Waals surface area contributed by atoms with Crippen LogP contribution in [0.4, 0.5) is 5.82 Å². The second-order valence-corrected chi connectivity index (χ2v) is 6.78. The fourth-order valence-electron chi connectivity index (χ4n) is 2.57. The normalized spacial score (nSPS) is 19.3. The maximum atomic E-state index is 5.86. The van der Waals surface area contributed by atoms with E-state index >= 15 is 0 Å². The van der Waals surface area contributed by atoms with Gasteiger partial charge in [0.15, 0.2) is 0 Å². The summed E-state index contributed by atoms with van der Waals surface area (Å²) in [5, 5.41) is 5.16. The summed E-state index contributed by atoms with van der Waals surface area (Å²) < 4.78 is 7.02. The molecule has 108 valence electrons. The van der Waals surface area contributed by atoms with Crippen molar-refractivity contribution in [3.63, 3.8) is 0 Å². The molecule has 0 amide bonds. The van der Waals surface area contributed by atoms with E-state index in [1.54, 1.807) is 29.0 Å². The topological polar surface area (TPSA) is 51.1 Å². The van der Waals surface area contributed by atoms with Gasteiger partial charge in [-0.05, 0) is 17.9 Å². The molecule has 4 rings (SSSR count). The van der Waals surface area contributed by atoms with Crippen molar-refractivity contribution < 1.29 is 4.74 Å². The van der Waals surface area contributed by atoms with Crippen molar-refractivity contribution in [2.24, 2.45) is 0 Å². The molecule has 0 saturated carbocycles. The van der Waals surface area contributed by atoms with Crippen molar-refractivity contribution in [3.05, 3.63) is 33.9 Å². The fraction of sp³-hybridized carbons (Fsp3) is 0.357. The zero-order valence-corrected chi connectivity index (χ0v) is 13.2. The minimum absolute atomic E-state index is 0.0322. The average Bonchev–Trinajstić information content (AvgIpc) is 3.18. The van der Waals surface area contributed by atoms with Crippen molar-refractivity contribution in [1.29, 1.82) is 0 Å². The molecule has 1 saturated heterocycles. The van der Waals surface area contributed by atoms with Crippen molar-refractivity contribution in [3.8, 4) is 0 Å². The van der Waals surface area contributed by atoms with Crippen LogP contribution in [0.15, 0.2) is 23.3 Å². The SMILES string of the molecule is Cc1csc2c(N3CCO[C@@H](c4nccs4)C3)ncnc12. The Hall–Kier alpha value is -1.57. The van der Waals surface area contributed by atoms with Gasteiger partial charge in [-0.1, -0.05) is 0 Å². The monoisotopic (exact) mass is 318 g/mol. The summed E-state index contributed by atoms with van der Waals surface area (Å²) >= 11 is 3.35. The Morgan fingerprint density at radius 2 is 2.24 bits per heavy atom. The van der Waals surface area contributed by atoms with Gasteiger partial charge in [-0.25, -0.2) is 15.0 Å². The molecule has 5 nitrogen and oxygen atoms in total. The summed E-state index contributed by atoms with van der Waals surface area (Å²) in [6, 6.07) is 0. The second-order valence-electron chi connectivity index (χ2n) is 4.97. The molecule has 0 N–H and O–H groups in total. The van der Waals surface area contributed by atoms with Gasteiger partial charge in [-0.15, -0.1) is 22.7 Å². The molecule has 0 unspecified atom stereocenters. The van der Waals surface area contributed by atoms with Crippen molar-refractivity contribution in [2.45, 2.75) is 13.0 Å². The summed E-state index contributed by atoms with van der Waals surface area (Å²) in [4.78, 5) is 15.6. The van der Waals surface area contributed by atoms with Crippen LogP contribution < -0.4 is 4.90 Å². The number of nitrogens with zero attached hydrogens (tertiary/aromatic N) is 4. The largest absolute Gasteiger partial charge is 0.367 e. The lowest BCUT2D eigenvalue weighted by atomic mass is 10.2. The highest BCUT2D eigenvalue weighted by Crippen LogP contribution is 2.33. The van der Waals surface area contributed by atoms with Crippen LogP contribution in [0.1, 0.15) is 16.7 Å². The molecule has 1 atom stereocenters. The zero-order chi connectivity index (χ0) is 14.2. The van der Waals surface area contributed by atoms with E-state index in [-0.39, 0.29) is 6.10 Å². The number of hydrogen-bond donors (Lipinski definition) is 0. The van der Waals surface area contributed by atoms with Crippen LogP contribution in [-0.2, 0) is 4.74 Å². The Kier molecular flexibility index (Phi) is 3.33. The number of fused-ring (bicyclic) bond motifs is 1. The average molecular weight is 318 g/mol. The highest BCUT2D eigenvalue weighted by molar-refractivity contribution is 7.18. The van der Waals surface area contributed by atoms with E-state index in [4.69, 9.17) is 4.74 Å². The molecule has 1 fully saturated rings. The summed E-state index contributed by atoms with van der Waals surface area (Å²) in [5.74, 6) is 1.02. The van der Waals surface area contributed by atoms with Gasteiger partial charge >= 0.3 is 0 Å². The van der Waals surface area contributed by atoms with E-state index < -0.39 is 0 Å². The van der Waals surface area contributed by atoms with Gasteiger partial charge in [0.2, 0.25) is 0 Å². The summed E-state index contributed by atoms with van der Waals surface area (Å²) in [5.41, 5.74) is 2.27. The third kappa shape index (κ3) is 2.31. The van der Waals surface area contributed by atoms with E-state index in [0.717, 1.165) is 34.1 Å². The lowest BCUT2D eigenvalue weighted by molar-refractivity contribution is 0.0395. The molecule has 7 heteroatoms. The van der Waals surface area contributed by atoms with Gasteiger partial charge in [0, 0.05) is 18.1 Å².